The van der Waals surface area contributed by atoms with Crippen LogP contribution in [0, 0.1) is 6.92 Å². The smallest absolute Gasteiger partial charge is 0.272 e. The number of anilines is 1. The highest BCUT2D eigenvalue weighted by Gasteiger charge is 2.48. The average molecular weight is 440 g/mol. The number of β-lactam (4-membered cyclic amide) rings is 1. The van der Waals surface area contributed by atoms with Crippen LogP contribution >= 0.6 is 11.6 Å². The highest BCUT2D eigenvalue weighted by Crippen LogP contribution is 2.37. The number of aromatic nitrogens is 2. The summed E-state index contributed by atoms with van der Waals surface area (Å²) in [6.07, 6.45) is 0. The summed E-state index contributed by atoms with van der Waals surface area (Å²) in [5.74, 6) is -0.885. The van der Waals surface area contributed by atoms with E-state index in [-0.39, 0.29) is 18.0 Å². The number of carbonyl (C=O) groups excluding carboxylic acids is 2. The van der Waals surface area contributed by atoms with E-state index in [9.17, 15) is 14.4 Å². The molecule has 0 radical (unpaired) electrons. The minimum Gasteiger partial charge on any atom is -0.378 e. The molecule has 8 nitrogen and oxygen atoms in total. The molecule has 160 valence electrons. The van der Waals surface area contributed by atoms with E-state index in [1.165, 1.54) is 9.58 Å². The minimum absolute atomic E-state index is 0.244. The van der Waals surface area contributed by atoms with Crippen LogP contribution in [0.4, 0.5) is 5.69 Å². The molecule has 2 aromatic carbocycles. The Morgan fingerprint density at radius 2 is 1.81 bits per heavy atom. The fraction of sp³-hybridized carbons (Fsp3) is 0.273. The molecule has 2 unspecified atom stereocenters. The molecule has 0 saturated carbocycles. The Morgan fingerprint density at radius 3 is 2.48 bits per heavy atom. The van der Waals surface area contributed by atoms with Crippen LogP contribution in [-0.2, 0) is 16.1 Å². The summed E-state index contributed by atoms with van der Waals surface area (Å²) in [6, 6.07) is 14.2. The van der Waals surface area contributed by atoms with Crippen LogP contribution in [0.15, 0.2) is 53.3 Å². The number of amides is 2. The number of benzene rings is 2. The Balaban J connectivity index is 1.56. The van der Waals surface area contributed by atoms with Gasteiger partial charge in [0.05, 0.1) is 11.0 Å². The topological polar surface area (TPSA) is 87.5 Å². The van der Waals surface area contributed by atoms with Gasteiger partial charge in [0.15, 0.2) is 0 Å². The van der Waals surface area contributed by atoms with Gasteiger partial charge in [-0.25, -0.2) is 9.99 Å². The third-order valence-corrected chi connectivity index (χ3v) is 5.77. The van der Waals surface area contributed by atoms with Crippen LogP contribution in [0.3, 0.4) is 0 Å². The fourth-order valence-electron chi connectivity index (χ4n) is 3.66. The van der Waals surface area contributed by atoms with Crippen LogP contribution < -0.4 is 15.9 Å². The molecular formula is C22H22ClN5O3. The van der Waals surface area contributed by atoms with Gasteiger partial charge in [-0.05, 0) is 36.8 Å². The van der Waals surface area contributed by atoms with Gasteiger partial charge < -0.3 is 4.90 Å². The van der Waals surface area contributed by atoms with Gasteiger partial charge in [-0.1, -0.05) is 24.3 Å². The molecule has 31 heavy (non-hydrogen) atoms. The van der Waals surface area contributed by atoms with Crippen molar-refractivity contribution in [2.45, 2.75) is 24.9 Å². The Bertz CT molecular complexity index is 1220. The van der Waals surface area contributed by atoms with E-state index < -0.39 is 17.3 Å². The summed E-state index contributed by atoms with van der Waals surface area (Å²) < 4.78 is 1.36. The second kappa shape index (κ2) is 8.03. The second-order valence-corrected chi connectivity index (χ2v) is 8.12. The molecule has 1 aromatic heterocycles. The number of hydrogen-bond donors (Lipinski definition) is 1. The van der Waals surface area contributed by atoms with Crippen molar-refractivity contribution in [3.8, 4) is 0 Å². The Labute approximate surface area is 184 Å². The molecule has 0 aliphatic carbocycles. The third kappa shape index (κ3) is 3.74. The van der Waals surface area contributed by atoms with E-state index in [1.54, 1.807) is 25.1 Å². The molecule has 0 bridgehead atoms. The zero-order valence-corrected chi connectivity index (χ0v) is 18.1. The number of alkyl halides is 1. The maximum atomic E-state index is 12.8. The number of nitrogens with zero attached hydrogens (tertiary/aromatic N) is 4. The number of halogens is 1. The molecule has 2 amide bonds. The van der Waals surface area contributed by atoms with Crippen LogP contribution in [0.25, 0.3) is 11.0 Å². The monoisotopic (exact) mass is 439 g/mol. The van der Waals surface area contributed by atoms with Crippen molar-refractivity contribution in [2.75, 3.05) is 19.0 Å². The summed E-state index contributed by atoms with van der Waals surface area (Å²) in [5, 5.41) is 0.462. The van der Waals surface area contributed by atoms with Gasteiger partial charge in [0, 0.05) is 19.8 Å². The van der Waals surface area contributed by atoms with Crippen molar-refractivity contribution < 1.29 is 9.59 Å². The van der Waals surface area contributed by atoms with E-state index in [0.717, 1.165) is 11.3 Å². The predicted octanol–water partition coefficient (Wildman–Crippen LogP) is 1.99. The highest BCUT2D eigenvalue weighted by molar-refractivity contribution is 6.33. The van der Waals surface area contributed by atoms with Gasteiger partial charge in [0.2, 0.25) is 0 Å². The molecular weight excluding hydrogens is 418 g/mol. The molecule has 4 rings (SSSR count). The number of hydrazine groups is 1. The molecule has 1 aliphatic heterocycles. The standard InChI is InChI=1S/C22H22ClN5O3/c1-13-21(30)27(17-7-5-4-6-16(17)24-13)12-18(29)25-28-20(19(23)22(28)31)14-8-10-15(11-9-14)26(2)3/h4-11,19-20H,12H2,1-3H3,(H,25,29). The Kier molecular flexibility index (Phi) is 5.41. The van der Waals surface area contributed by atoms with Crippen molar-refractivity contribution >= 4 is 40.1 Å². The maximum Gasteiger partial charge on any atom is 0.272 e. The van der Waals surface area contributed by atoms with Crippen molar-refractivity contribution in [1.29, 1.82) is 0 Å². The van der Waals surface area contributed by atoms with E-state index in [0.29, 0.717) is 16.7 Å². The summed E-state index contributed by atoms with van der Waals surface area (Å²) in [6.45, 7) is 1.36. The van der Waals surface area contributed by atoms with E-state index >= 15 is 0 Å². The van der Waals surface area contributed by atoms with Gasteiger partial charge in [-0.3, -0.25) is 24.4 Å². The number of fused-ring (bicyclic) bond motifs is 1. The van der Waals surface area contributed by atoms with E-state index in [2.05, 4.69) is 10.4 Å². The van der Waals surface area contributed by atoms with Gasteiger partial charge in [-0.2, -0.15) is 0 Å². The third-order valence-electron chi connectivity index (χ3n) is 5.34. The normalized spacial score (nSPS) is 18.1. The van der Waals surface area contributed by atoms with Gasteiger partial charge in [0.1, 0.15) is 23.7 Å². The molecule has 1 saturated heterocycles. The fourth-order valence-corrected chi connectivity index (χ4v) is 4.02. The molecule has 1 N–H and O–H groups in total. The SMILES string of the molecule is Cc1nc2ccccc2n(CC(=O)NN2C(=O)C(Cl)C2c2ccc(N(C)C)cc2)c1=O. The average Bonchev–Trinajstić information content (AvgIpc) is 2.76. The quantitative estimate of drug-likeness (QED) is 0.485. The van der Waals surface area contributed by atoms with Crippen molar-refractivity contribution in [1.82, 2.24) is 20.0 Å². The first-order chi connectivity index (χ1) is 14.8. The van der Waals surface area contributed by atoms with Crippen LogP contribution in [0.5, 0.6) is 0 Å². The van der Waals surface area contributed by atoms with Crippen LogP contribution in [-0.4, -0.2) is 45.8 Å². The molecule has 2 atom stereocenters. The van der Waals surface area contributed by atoms with Gasteiger partial charge >= 0.3 is 0 Å². The lowest BCUT2D eigenvalue weighted by Crippen LogP contribution is -2.63. The summed E-state index contributed by atoms with van der Waals surface area (Å²) in [5.41, 5.74) is 5.55. The molecule has 9 heteroatoms. The number of carbonyl (C=O) groups is 2. The van der Waals surface area contributed by atoms with Crippen molar-refractivity contribution in [2.24, 2.45) is 0 Å². The first-order valence-corrected chi connectivity index (χ1v) is 10.2. The van der Waals surface area contributed by atoms with Gasteiger partial charge in [-0.15, -0.1) is 11.6 Å². The second-order valence-electron chi connectivity index (χ2n) is 7.65. The zero-order valence-electron chi connectivity index (χ0n) is 17.4. The predicted molar refractivity (Wildman–Crippen MR) is 119 cm³/mol. The lowest BCUT2D eigenvalue weighted by atomic mass is 9.95. The number of nitrogens with one attached hydrogen (secondary N) is 1. The van der Waals surface area contributed by atoms with E-state index in [4.69, 9.17) is 11.6 Å². The largest absolute Gasteiger partial charge is 0.378 e. The number of rotatable bonds is 5. The number of para-hydroxylation sites is 2. The first kappa shape index (κ1) is 20.9. The Hall–Kier alpha value is -3.39. The summed E-state index contributed by atoms with van der Waals surface area (Å²) in [4.78, 5) is 43.9. The lowest BCUT2D eigenvalue weighted by molar-refractivity contribution is -0.156. The van der Waals surface area contributed by atoms with E-state index in [1.807, 2.05) is 49.3 Å². The lowest BCUT2D eigenvalue weighted by Gasteiger charge is -2.44. The highest BCUT2D eigenvalue weighted by atomic mass is 35.5. The van der Waals surface area contributed by atoms with Crippen LogP contribution in [0.1, 0.15) is 17.3 Å². The summed E-state index contributed by atoms with van der Waals surface area (Å²) >= 11 is 6.25. The van der Waals surface area contributed by atoms with Crippen LogP contribution in [0.2, 0.25) is 0 Å². The molecule has 0 spiro atoms. The maximum absolute atomic E-state index is 12.8. The minimum atomic E-state index is -0.766. The Morgan fingerprint density at radius 1 is 1.13 bits per heavy atom. The van der Waals surface area contributed by atoms with Crippen molar-refractivity contribution in [3.05, 3.63) is 70.1 Å². The first-order valence-electron chi connectivity index (χ1n) is 9.78. The zero-order chi connectivity index (χ0) is 22.3. The molecule has 1 aliphatic rings. The van der Waals surface area contributed by atoms with Gasteiger partial charge in [0.25, 0.3) is 17.4 Å². The molecule has 3 aromatic rings. The van der Waals surface area contributed by atoms with Crippen molar-refractivity contribution in [3.63, 3.8) is 0 Å². The number of hydrogen-bond acceptors (Lipinski definition) is 5. The molecule has 2 heterocycles. The molecule has 1 fully saturated rings. The summed E-state index contributed by atoms with van der Waals surface area (Å²) in [7, 11) is 3.87. The number of aryl methyl sites for hydroxylation is 1.